The molecule has 3 aromatic rings. The molecule has 2 aliphatic carbocycles. The highest BCUT2D eigenvalue weighted by Gasteiger charge is 2.73. The van der Waals surface area contributed by atoms with Crippen molar-refractivity contribution in [2.24, 2.45) is 5.41 Å². The van der Waals surface area contributed by atoms with E-state index in [9.17, 15) is 4.79 Å². The third kappa shape index (κ3) is 2.19. The first-order valence-corrected chi connectivity index (χ1v) is 10.5. The predicted octanol–water partition coefficient (Wildman–Crippen LogP) is 5.90. The Morgan fingerprint density at radius 3 is 2.28 bits per heavy atom. The lowest BCUT2D eigenvalue weighted by atomic mass is 9.63. The Morgan fingerprint density at radius 1 is 0.931 bits per heavy atom. The van der Waals surface area contributed by atoms with Gasteiger partial charge in [0.05, 0.1) is 43.6 Å². The van der Waals surface area contributed by atoms with Gasteiger partial charge < -0.3 is 5.32 Å². The Kier molecular flexibility index (Phi) is 3.85. The van der Waals surface area contributed by atoms with Gasteiger partial charge in [-0.2, -0.15) is 0 Å². The van der Waals surface area contributed by atoms with Gasteiger partial charge in [0.25, 0.3) is 0 Å². The van der Waals surface area contributed by atoms with Gasteiger partial charge in [-0.25, -0.2) is 9.97 Å². The number of nitrogens with one attached hydrogen (secondary N) is 1. The topological polar surface area (TPSA) is 54.9 Å². The summed E-state index contributed by atoms with van der Waals surface area (Å²) >= 11 is 12.5. The molecule has 1 saturated carbocycles. The average molecular weight is 426 g/mol. The van der Waals surface area contributed by atoms with Gasteiger partial charge in [-0.3, -0.25) is 4.79 Å². The molecule has 2 atom stereocenters. The molecular weight excluding hydrogens is 405 g/mol. The maximum absolute atomic E-state index is 13.8. The van der Waals surface area contributed by atoms with Crippen LogP contribution in [0.4, 0.5) is 5.69 Å². The van der Waals surface area contributed by atoms with E-state index in [-0.39, 0.29) is 16.7 Å². The van der Waals surface area contributed by atoms with Gasteiger partial charge in [-0.15, -0.1) is 0 Å². The summed E-state index contributed by atoms with van der Waals surface area (Å²) < 4.78 is 0. The molecule has 2 aliphatic rings. The number of amides is 1. The lowest BCUT2D eigenvalue weighted by Gasteiger charge is -2.39. The zero-order valence-electron chi connectivity index (χ0n) is 16.5. The summed E-state index contributed by atoms with van der Waals surface area (Å²) in [6.45, 7) is 6.53. The van der Waals surface area contributed by atoms with Crippen LogP contribution in [0.1, 0.15) is 45.0 Å². The maximum atomic E-state index is 13.8. The number of carbonyl (C=O) groups is 1. The molecule has 1 fully saturated rings. The minimum atomic E-state index is -0.778. The molecule has 1 heterocycles. The minimum absolute atomic E-state index is 0.0984. The summed E-state index contributed by atoms with van der Waals surface area (Å²) in [6, 6.07) is 13.1. The SMILES string of the molecule is CC12CCC(C(=O)Nc3cccc(Cl)c3Cl)(c3nc4ccccc4nc31)C2(C)C. The molecule has 0 aliphatic heterocycles. The van der Waals surface area contributed by atoms with E-state index in [4.69, 9.17) is 33.2 Å². The molecule has 4 nitrogen and oxygen atoms in total. The molecule has 2 unspecified atom stereocenters. The molecule has 1 amide bonds. The third-order valence-corrected chi connectivity index (χ3v) is 8.35. The lowest BCUT2D eigenvalue weighted by Crippen LogP contribution is -2.48. The Balaban J connectivity index is 1.71. The Labute approximate surface area is 179 Å². The van der Waals surface area contributed by atoms with Crippen molar-refractivity contribution >= 4 is 45.8 Å². The van der Waals surface area contributed by atoms with Crippen molar-refractivity contribution in [3.05, 3.63) is 63.9 Å². The van der Waals surface area contributed by atoms with Gasteiger partial charge in [-0.05, 0) is 42.5 Å². The van der Waals surface area contributed by atoms with Crippen molar-refractivity contribution in [3.8, 4) is 0 Å². The molecule has 148 valence electrons. The fraction of sp³-hybridized carbons (Fsp3) is 0.348. The third-order valence-electron chi connectivity index (χ3n) is 7.53. The number of nitrogens with zero attached hydrogens (tertiary/aromatic N) is 2. The van der Waals surface area contributed by atoms with E-state index in [1.807, 2.05) is 24.3 Å². The van der Waals surface area contributed by atoms with E-state index in [0.717, 1.165) is 35.3 Å². The number of carbonyl (C=O) groups excluding carboxylic acids is 1. The van der Waals surface area contributed by atoms with Crippen molar-refractivity contribution in [2.45, 2.75) is 44.4 Å². The molecule has 0 radical (unpaired) electrons. The van der Waals surface area contributed by atoms with Gasteiger partial charge in [0.2, 0.25) is 5.91 Å². The van der Waals surface area contributed by atoms with Gasteiger partial charge in [0.1, 0.15) is 0 Å². The molecule has 5 rings (SSSR count). The summed E-state index contributed by atoms with van der Waals surface area (Å²) in [6.07, 6.45) is 1.61. The summed E-state index contributed by atoms with van der Waals surface area (Å²) in [4.78, 5) is 23.8. The second-order valence-electron chi connectivity index (χ2n) is 8.83. The summed E-state index contributed by atoms with van der Waals surface area (Å²) in [5.41, 5.74) is 2.58. The molecule has 0 spiro atoms. The van der Waals surface area contributed by atoms with E-state index < -0.39 is 5.41 Å². The Bertz CT molecular complexity index is 1190. The number of aromatic nitrogens is 2. The van der Waals surface area contributed by atoms with Crippen LogP contribution in [0.15, 0.2) is 42.5 Å². The van der Waals surface area contributed by atoms with Crippen molar-refractivity contribution < 1.29 is 4.79 Å². The molecule has 2 aromatic carbocycles. The molecule has 0 saturated heterocycles. The van der Waals surface area contributed by atoms with E-state index >= 15 is 0 Å². The first kappa shape index (κ1) is 18.8. The van der Waals surface area contributed by atoms with Crippen LogP contribution < -0.4 is 5.32 Å². The van der Waals surface area contributed by atoms with Crippen LogP contribution in [0, 0.1) is 5.41 Å². The lowest BCUT2D eigenvalue weighted by molar-refractivity contribution is -0.125. The molecule has 1 aromatic heterocycles. The average Bonchev–Trinajstić information content (AvgIpc) is 2.99. The fourth-order valence-corrected chi connectivity index (χ4v) is 5.73. The molecular formula is C23H21Cl2N3O. The zero-order chi connectivity index (χ0) is 20.6. The number of benzene rings is 2. The number of fused-ring (bicyclic) bond motifs is 6. The highest BCUT2D eigenvalue weighted by atomic mass is 35.5. The van der Waals surface area contributed by atoms with E-state index in [2.05, 4.69) is 26.1 Å². The summed E-state index contributed by atoms with van der Waals surface area (Å²) in [7, 11) is 0. The minimum Gasteiger partial charge on any atom is -0.324 e. The highest BCUT2D eigenvalue weighted by molar-refractivity contribution is 6.44. The standard InChI is InChI=1S/C23H21Cl2N3O/c1-21(2)22(3)11-12-23(21,20(29)28-16-10-6-7-13(24)17(16)25)19-18(22)26-14-8-4-5-9-15(14)27-19/h4-10H,11-12H2,1-3H3,(H,28,29). The van der Waals surface area contributed by atoms with Crippen LogP contribution in [0.5, 0.6) is 0 Å². The largest absolute Gasteiger partial charge is 0.324 e. The van der Waals surface area contributed by atoms with Crippen LogP contribution in [-0.4, -0.2) is 15.9 Å². The Morgan fingerprint density at radius 2 is 1.59 bits per heavy atom. The van der Waals surface area contributed by atoms with Crippen LogP contribution in [0.3, 0.4) is 0 Å². The van der Waals surface area contributed by atoms with Gasteiger partial charge >= 0.3 is 0 Å². The zero-order valence-corrected chi connectivity index (χ0v) is 18.0. The van der Waals surface area contributed by atoms with E-state index in [0.29, 0.717) is 15.7 Å². The van der Waals surface area contributed by atoms with Crippen molar-refractivity contribution in [1.29, 1.82) is 0 Å². The number of hydrogen-bond donors (Lipinski definition) is 1. The van der Waals surface area contributed by atoms with Crippen LogP contribution in [-0.2, 0) is 15.6 Å². The quantitative estimate of drug-likeness (QED) is 0.555. The van der Waals surface area contributed by atoms with Crippen LogP contribution in [0.2, 0.25) is 10.0 Å². The number of anilines is 1. The van der Waals surface area contributed by atoms with Crippen molar-refractivity contribution in [2.75, 3.05) is 5.32 Å². The van der Waals surface area contributed by atoms with Crippen molar-refractivity contribution in [3.63, 3.8) is 0 Å². The fourth-order valence-electron chi connectivity index (χ4n) is 5.38. The highest BCUT2D eigenvalue weighted by Crippen LogP contribution is 2.70. The first-order chi connectivity index (χ1) is 13.7. The predicted molar refractivity (Wildman–Crippen MR) is 117 cm³/mol. The maximum Gasteiger partial charge on any atom is 0.237 e. The normalized spacial score (nSPS) is 26.5. The molecule has 6 heteroatoms. The van der Waals surface area contributed by atoms with Gasteiger partial charge in [0.15, 0.2) is 0 Å². The van der Waals surface area contributed by atoms with Crippen LogP contribution >= 0.6 is 23.2 Å². The molecule has 29 heavy (non-hydrogen) atoms. The molecule has 2 bridgehead atoms. The second-order valence-corrected chi connectivity index (χ2v) is 9.61. The number of para-hydroxylation sites is 2. The summed E-state index contributed by atoms with van der Waals surface area (Å²) in [5.74, 6) is -0.0984. The second kappa shape index (κ2) is 5.93. The van der Waals surface area contributed by atoms with E-state index in [1.165, 1.54) is 0 Å². The monoisotopic (exact) mass is 425 g/mol. The van der Waals surface area contributed by atoms with Gasteiger partial charge in [-0.1, -0.05) is 62.2 Å². The first-order valence-electron chi connectivity index (χ1n) is 9.75. The molecule has 1 N–H and O–H groups in total. The number of halogens is 2. The van der Waals surface area contributed by atoms with Gasteiger partial charge in [0, 0.05) is 5.41 Å². The van der Waals surface area contributed by atoms with Crippen molar-refractivity contribution in [1.82, 2.24) is 9.97 Å². The van der Waals surface area contributed by atoms with E-state index in [1.54, 1.807) is 18.2 Å². The number of rotatable bonds is 2. The Hall–Kier alpha value is -2.17. The number of hydrogen-bond acceptors (Lipinski definition) is 3. The van der Waals surface area contributed by atoms with Crippen LogP contribution in [0.25, 0.3) is 11.0 Å². The smallest absolute Gasteiger partial charge is 0.237 e. The summed E-state index contributed by atoms with van der Waals surface area (Å²) in [5, 5.41) is 3.81.